The summed E-state index contributed by atoms with van der Waals surface area (Å²) in [4.78, 5) is 40.5. The Morgan fingerprint density at radius 3 is 2.40 bits per heavy atom. The van der Waals surface area contributed by atoms with Crippen LogP contribution < -0.4 is 20.3 Å². The number of carbonyl (C=O) groups excluding carboxylic acids is 1. The maximum absolute atomic E-state index is 12.6. The monoisotopic (exact) mass is 471 g/mol. The Hall–Kier alpha value is -4.53. The molecule has 0 unspecified atom stereocenters. The van der Waals surface area contributed by atoms with E-state index >= 15 is 0 Å². The molecule has 1 aromatic carbocycles. The van der Waals surface area contributed by atoms with E-state index in [1.165, 1.54) is 0 Å². The van der Waals surface area contributed by atoms with Crippen molar-refractivity contribution in [3.63, 3.8) is 0 Å². The molecule has 1 amide bonds. The average molecular weight is 472 g/mol. The topological polar surface area (TPSA) is 119 Å². The van der Waals surface area contributed by atoms with E-state index < -0.39 is 0 Å². The van der Waals surface area contributed by atoms with Crippen molar-refractivity contribution in [1.29, 1.82) is 0 Å². The molecule has 0 saturated carbocycles. The molecule has 0 aliphatic rings. The molecule has 0 fully saturated rings. The van der Waals surface area contributed by atoms with Crippen molar-refractivity contribution in [1.82, 2.24) is 19.9 Å². The van der Waals surface area contributed by atoms with Gasteiger partial charge in [0.2, 0.25) is 5.91 Å². The van der Waals surface area contributed by atoms with Crippen molar-refractivity contribution in [3.8, 4) is 22.9 Å². The summed E-state index contributed by atoms with van der Waals surface area (Å²) >= 11 is 0. The number of methoxy groups -OCH3 is 1. The highest BCUT2D eigenvalue weighted by Gasteiger charge is 2.13. The number of amides is 1. The minimum Gasteiger partial charge on any atom is -0.493 e. The lowest BCUT2D eigenvalue weighted by atomic mass is 10.1. The molecule has 178 valence electrons. The molecule has 35 heavy (non-hydrogen) atoms. The number of aryl methyl sites for hydroxylation is 1. The first-order valence-electron chi connectivity index (χ1n) is 11.0. The number of benzene rings is 1. The molecule has 9 nitrogen and oxygen atoms in total. The van der Waals surface area contributed by atoms with E-state index in [-0.39, 0.29) is 24.3 Å². The summed E-state index contributed by atoms with van der Waals surface area (Å²) in [7, 11) is 1.56. The van der Waals surface area contributed by atoms with E-state index in [0.717, 1.165) is 11.1 Å². The number of aromatic amines is 1. The van der Waals surface area contributed by atoms with Crippen LogP contribution in [0.1, 0.15) is 23.2 Å². The van der Waals surface area contributed by atoms with E-state index in [0.29, 0.717) is 40.9 Å². The Balaban J connectivity index is 1.40. The van der Waals surface area contributed by atoms with E-state index in [9.17, 15) is 9.59 Å². The Bertz CT molecular complexity index is 1360. The molecule has 4 rings (SSSR count). The minimum absolute atomic E-state index is 0.124. The fourth-order valence-corrected chi connectivity index (χ4v) is 3.52. The van der Waals surface area contributed by atoms with Crippen LogP contribution in [0.25, 0.3) is 11.4 Å². The molecule has 0 saturated heterocycles. The van der Waals surface area contributed by atoms with Crippen LogP contribution in [0.15, 0.2) is 72.0 Å². The largest absolute Gasteiger partial charge is 0.493 e. The molecule has 0 aliphatic carbocycles. The fourth-order valence-electron chi connectivity index (χ4n) is 3.52. The number of aromatic nitrogens is 4. The van der Waals surface area contributed by atoms with Gasteiger partial charge in [-0.2, -0.15) is 0 Å². The first-order chi connectivity index (χ1) is 17.0. The van der Waals surface area contributed by atoms with Crippen molar-refractivity contribution in [2.45, 2.75) is 26.4 Å². The molecule has 2 N–H and O–H groups in total. The fraction of sp³-hybridized carbons (Fsp3) is 0.192. The Morgan fingerprint density at radius 1 is 1.00 bits per heavy atom. The van der Waals surface area contributed by atoms with Crippen LogP contribution in [0.2, 0.25) is 0 Å². The van der Waals surface area contributed by atoms with Gasteiger partial charge >= 0.3 is 0 Å². The predicted molar refractivity (Wildman–Crippen MR) is 131 cm³/mol. The molecule has 0 radical (unpaired) electrons. The van der Waals surface area contributed by atoms with Gasteiger partial charge in [-0.15, -0.1) is 0 Å². The summed E-state index contributed by atoms with van der Waals surface area (Å²) in [5.74, 6) is 1.30. The van der Waals surface area contributed by atoms with Gasteiger partial charge in [-0.05, 0) is 55.3 Å². The van der Waals surface area contributed by atoms with Crippen LogP contribution in [-0.4, -0.2) is 33.0 Å². The zero-order chi connectivity index (χ0) is 24.6. The van der Waals surface area contributed by atoms with Crippen LogP contribution in [0.5, 0.6) is 11.5 Å². The summed E-state index contributed by atoms with van der Waals surface area (Å²) < 4.78 is 11.3. The minimum atomic E-state index is -0.256. The third-order valence-corrected chi connectivity index (χ3v) is 5.37. The maximum Gasteiger partial charge on any atom is 0.254 e. The summed E-state index contributed by atoms with van der Waals surface area (Å²) in [6.07, 6.45) is 7.05. The molecule has 3 aromatic heterocycles. The van der Waals surface area contributed by atoms with Crippen LogP contribution in [0.4, 0.5) is 5.69 Å². The lowest BCUT2D eigenvalue weighted by Crippen LogP contribution is -2.20. The average Bonchev–Trinajstić information content (AvgIpc) is 2.88. The number of hydrogen-bond acceptors (Lipinski definition) is 7. The zero-order valence-corrected chi connectivity index (χ0v) is 19.4. The van der Waals surface area contributed by atoms with Crippen molar-refractivity contribution in [2.24, 2.45) is 0 Å². The lowest BCUT2D eigenvalue weighted by molar-refractivity contribution is -0.116. The Morgan fingerprint density at radius 2 is 1.71 bits per heavy atom. The molecule has 0 spiro atoms. The van der Waals surface area contributed by atoms with Crippen molar-refractivity contribution in [3.05, 3.63) is 94.4 Å². The van der Waals surface area contributed by atoms with Crippen molar-refractivity contribution >= 4 is 11.6 Å². The standard InChI is InChI=1S/C26H25N5O4/c1-17-21(26(33)31-25(29-17)19-9-13-28-14-10-19)4-6-24(32)30-20-3-5-22(34-2)23(15-20)35-16-18-7-11-27-12-8-18/h3,5,7-15H,4,6,16H2,1-2H3,(H,30,32)(H,29,31,33). The molecule has 0 bridgehead atoms. The van der Waals surface area contributed by atoms with Gasteiger partial charge in [-0.3, -0.25) is 19.6 Å². The van der Waals surface area contributed by atoms with Gasteiger partial charge in [0.05, 0.1) is 7.11 Å². The molecular weight excluding hydrogens is 446 g/mol. The van der Waals surface area contributed by atoms with E-state index in [4.69, 9.17) is 9.47 Å². The number of nitrogens with one attached hydrogen (secondary N) is 2. The number of ether oxygens (including phenoxy) is 2. The number of rotatable bonds is 9. The van der Waals surface area contributed by atoms with Gasteiger partial charge < -0.3 is 19.8 Å². The Kier molecular flexibility index (Phi) is 7.47. The van der Waals surface area contributed by atoms with Crippen LogP contribution in [0.3, 0.4) is 0 Å². The first kappa shape index (κ1) is 23.6. The first-order valence-corrected chi connectivity index (χ1v) is 11.0. The van der Waals surface area contributed by atoms with Crippen molar-refractivity contribution in [2.75, 3.05) is 12.4 Å². The SMILES string of the molecule is COc1ccc(NC(=O)CCc2c(C)nc(-c3ccncc3)[nH]c2=O)cc1OCc1ccncc1. The van der Waals surface area contributed by atoms with Crippen LogP contribution >= 0.6 is 0 Å². The highest BCUT2D eigenvalue weighted by atomic mass is 16.5. The van der Waals surface area contributed by atoms with Gasteiger partial charge in [0.1, 0.15) is 12.4 Å². The summed E-state index contributed by atoms with van der Waals surface area (Å²) in [6, 6.07) is 12.4. The number of H-pyrrole nitrogens is 1. The molecule has 3 heterocycles. The molecule has 0 aliphatic heterocycles. The number of hydrogen-bond donors (Lipinski definition) is 2. The number of carbonyl (C=O) groups is 1. The predicted octanol–water partition coefficient (Wildman–Crippen LogP) is 3.69. The zero-order valence-electron chi connectivity index (χ0n) is 19.4. The number of anilines is 1. The summed E-state index contributed by atoms with van der Waals surface area (Å²) in [6.45, 7) is 2.10. The molecule has 0 atom stereocenters. The van der Waals surface area contributed by atoms with Gasteiger partial charge in [-0.25, -0.2) is 4.98 Å². The van der Waals surface area contributed by atoms with E-state index in [1.807, 2.05) is 12.1 Å². The summed E-state index contributed by atoms with van der Waals surface area (Å²) in [5.41, 5.74) is 3.11. The van der Waals surface area contributed by atoms with Crippen LogP contribution in [0, 0.1) is 6.92 Å². The quantitative estimate of drug-likeness (QED) is 0.382. The summed E-state index contributed by atoms with van der Waals surface area (Å²) in [5, 5.41) is 2.85. The number of pyridine rings is 2. The molecular formula is C26H25N5O4. The lowest BCUT2D eigenvalue weighted by Gasteiger charge is -2.13. The van der Waals surface area contributed by atoms with E-state index in [1.54, 1.807) is 69.2 Å². The second-order valence-electron chi connectivity index (χ2n) is 7.77. The van der Waals surface area contributed by atoms with Crippen molar-refractivity contribution < 1.29 is 14.3 Å². The van der Waals surface area contributed by atoms with Gasteiger partial charge in [0.25, 0.3) is 5.56 Å². The second-order valence-corrected chi connectivity index (χ2v) is 7.77. The Labute approximate surface area is 202 Å². The normalized spacial score (nSPS) is 10.6. The third kappa shape index (κ3) is 6.08. The molecule has 4 aromatic rings. The maximum atomic E-state index is 12.6. The van der Waals surface area contributed by atoms with Gasteiger partial charge in [0, 0.05) is 59.8 Å². The van der Waals surface area contributed by atoms with Gasteiger partial charge in [-0.1, -0.05) is 0 Å². The van der Waals surface area contributed by atoms with E-state index in [2.05, 4.69) is 25.3 Å². The third-order valence-electron chi connectivity index (χ3n) is 5.37. The highest BCUT2D eigenvalue weighted by Crippen LogP contribution is 2.31. The number of nitrogens with zero attached hydrogens (tertiary/aromatic N) is 3. The second kappa shape index (κ2) is 11.1. The smallest absolute Gasteiger partial charge is 0.254 e. The molecule has 9 heteroatoms. The van der Waals surface area contributed by atoms with Gasteiger partial charge in [0.15, 0.2) is 11.5 Å². The highest BCUT2D eigenvalue weighted by molar-refractivity contribution is 5.91. The van der Waals surface area contributed by atoms with Crippen LogP contribution in [-0.2, 0) is 17.8 Å².